The van der Waals surface area contributed by atoms with Gasteiger partial charge in [0.1, 0.15) is 0 Å². The van der Waals surface area contributed by atoms with Gasteiger partial charge in [-0.05, 0) is 76.1 Å². The van der Waals surface area contributed by atoms with E-state index in [1.165, 1.54) is 37.7 Å². The van der Waals surface area contributed by atoms with Gasteiger partial charge in [-0.15, -0.1) is 0 Å². The van der Waals surface area contributed by atoms with E-state index in [0.29, 0.717) is 23.7 Å². The maximum absolute atomic E-state index is 5.42. The summed E-state index contributed by atoms with van der Waals surface area (Å²) in [6, 6.07) is 21.5. The van der Waals surface area contributed by atoms with Crippen molar-refractivity contribution in [3.8, 4) is 11.4 Å². The highest BCUT2D eigenvalue weighted by molar-refractivity contribution is 5.55. The summed E-state index contributed by atoms with van der Waals surface area (Å²) in [6.45, 7) is 0. The zero-order valence-electron chi connectivity index (χ0n) is 18.7. The summed E-state index contributed by atoms with van der Waals surface area (Å²) >= 11 is 0. The van der Waals surface area contributed by atoms with Crippen molar-refractivity contribution in [2.75, 3.05) is 14.1 Å². The molecule has 1 aliphatic carbocycles. The molecule has 4 rings (SSSR count). The minimum atomic E-state index is 0.593. The third kappa shape index (κ3) is 5.92. The highest BCUT2D eigenvalue weighted by Crippen LogP contribution is 2.34. The van der Waals surface area contributed by atoms with Crippen LogP contribution in [-0.2, 0) is 6.42 Å². The number of aromatic nitrogens is 2. The third-order valence-corrected chi connectivity index (χ3v) is 6.58. The van der Waals surface area contributed by atoms with Crippen LogP contribution in [0.15, 0.2) is 71.3 Å². The van der Waals surface area contributed by atoms with Crippen molar-refractivity contribution >= 4 is 6.08 Å². The Bertz CT molecular complexity index is 941. The van der Waals surface area contributed by atoms with Crippen molar-refractivity contribution in [3.63, 3.8) is 0 Å². The van der Waals surface area contributed by atoms with Crippen LogP contribution in [-0.4, -0.2) is 35.2 Å². The number of allylic oxidation sites excluding steroid dienone is 1. The molecule has 0 radical (unpaired) electrons. The van der Waals surface area contributed by atoms with Crippen LogP contribution in [0.1, 0.15) is 43.6 Å². The maximum Gasteiger partial charge on any atom is 0.250 e. The fourth-order valence-electron chi connectivity index (χ4n) is 4.82. The summed E-state index contributed by atoms with van der Waals surface area (Å²) in [6.07, 6.45) is 11.7. The molecule has 0 N–H and O–H groups in total. The molecule has 0 spiro atoms. The van der Waals surface area contributed by atoms with Gasteiger partial charge in [-0.1, -0.05) is 71.9 Å². The van der Waals surface area contributed by atoms with Gasteiger partial charge < -0.3 is 9.42 Å². The lowest BCUT2D eigenvalue weighted by atomic mass is 9.76. The van der Waals surface area contributed by atoms with E-state index >= 15 is 0 Å². The smallest absolute Gasteiger partial charge is 0.250 e. The monoisotopic (exact) mass is 415 g/mol. The highest BCUT2D eigenvalue weighted by Gasteiger charge is 2.28. The lowest BCUT2D eigenvalue weighted by Gasteiger charge is -2.37. The van der Waals surface area contributed by atoms with E-state index in [2.05, 4.69) is 65.5 Å². The average molecular weight is 416 g/mol. The number of benzene rings is 2. The van der Waals surface area contributed by atoms with Crippen molar-refractivity contribution in [1.29, 1.82) is 0 Å². The molecule has 1 saturated carbocycles. The minimum Gasteiger partial charge on any atom is -0.334 e. The molecule has 1 aromatic heterocycles. The molecule has 0 aliphatic heterocycles. The second-order valence-corrected chi connectivity index (χ2v) is 8.91. The Labute approximate surface area is 186 Å². The molecule has 1 atom stereocenters. The highest BCUT2D eigenvalue weighted by atomic mass is 16.5. The first-order chi connectivity index (χ1) is 15.2. The minimum absolute atomic E-state index is 0.593. The third-order valence-electron chi connectivity index (χ3n) is 6.58. The number of nitrogens with zero attached hydrogens (tertiary/aromatic N) is 3. The van der Waals surface area contributed by atoms with E-state index in [4.69, 9.17) is 4.52 Å². The Balaban J connectivity index is 1.29. The van der Waals surface area contributed by atoms with Crippen molar-refractivity contribution in [2.45, 2.75) is 44.6 Å². The van der Waals surface area contributed by atoms with Gasteiger partial charge in [-0.3, -0.25) is 0 Å². The van der Waals surface area contributed by atoms with Crippen molar-refractivity contribution in [3.05, 3.63) is 78.2 Å². The van der Waals surface area contributed by atoms with E-state index in [-0.39, 0.29) is 0 Å². The second kappa shape index (κ2) is 10.5. The molecular formula is C27H33N3O. The summed E-state index contributed by atoms with van der Waals surface area (Å²) in [5.41, 5.74) is 2.43. The molecule has 0 saturated heterocycles. The van der Waals surface area contributed by atoms with Crippen LogP contribution in [0.4, 0.5) is 0 Å². The predicted octanol–water partition coefficient (Wildman–Crippen LogP) is 6.12. The molecule has 31 heavy (non-hydrogen) atoms. The first-order valence-electron chi connectivity index (χ1n) is 11.5. The molecule has 1 heterocycles. The second-order valence-electron chi connectivity index (χ2n) is 8.91. The Kier molecular flexibility index (Phi) is 7.31. The van der Waals surface area contributed by atoms with Crippen molar-refractivity contribution < 1.29 is 4.52 Å². The normalized spacial score (nSPS) is 20.4. The molecule has 1 fully saturated rings. The summed E-state index contributed by atoms with van der Waals surface area (Å²) in [7, 11) is 4.48. The Hall–Kier alpha value is -2.72. The standard InChI is InChI=1S/C27H33N3O/c1-30(2)25(19-15-21-9-5-3-6-10-21)23-17-13-22(14-18-23)16-20-26-28-27(29-31-26)24-11-7-4-8-12-24/h3-12,16,20,22-23,25H,13-15,17-19H2,1-2H3/b20-16+. The molecule has 0 bridgehead atoms. The molecule has 162 valence electrons. The zero-order valence-corrected chi connectivity index (χ0v) is 18.7. The molecule has 4 heteroatoms. The number of aryl methyl sites for hydroxylation is 1. The summed E-state index contributed by atoms with van der Waals surface area (Å²) < 4.78 is 5.42. The average Bonchev–Trinajstić information content (AvgIpc) is 3.29. The van der Waals surface area contributed by atoms with Gasteiger partial charge in [0.05, 0.1) is 0 Å². The number of rotatable bonds is 8. The largest absolute Gasteiger partial charge is 0.334 e. The van der Waals surface area contributed by atoms with Crippen LogP contribution in [0.25, 0.3) is 17.5 Å². The van der Waals surface area contributed by atoms with Crippen LogP contribution in [0.3, 0.4) is 0 Å². The maximum atomic E-state index is 5.42. The summed E-state index contributed by atoms with van der Waals surface area (Å²) in [4.78, 5) is 6.95. The van der Waals surface area contributed by atoms with E-state index in [0.717, 1.165) is 17.9 Å². The first-order valence-corrected chi connectivity index (χ1v) is 11.5. The summed E-state index contributed by atoms with van der Waals surface area (Å²) in [5.74, 6) is 2.61. The molecule has 1 unspecified atom stereocenters. The molecule has 3 aromatic rings. The quantitative estimate of drug-likeness (QED) is 0.444. The Morgan fingerprint density at radius 1 is 0.968 bits per heavy atom. The van der Waals surface area contributed by atoms with Gasteiger partial charge in [0.2, 0.25) is 5.82 Å². The number of hydrogen-bond donors (Lipinski definition) is 0. The van der Waals surface area contributed by atoms with E-state index in [1.54, 1.807) is 0 Å². The summed E-state index contributed by atoms with van der Waals surface area (Å²) in [5, 5.41) is 4.11. The Morgan fingerprint density at radius 2 is 1.65 bits per heavy atom. The fourth-order valence-corrected chi connectivity index (χ4v) is 4.82. The molecule has 0 amide bonds. The predicted molar refractivity (Wildman–Crippen MR) is 126 cm³/mol. The molecule has 2 aromatic carbocycles. The first kappa shape index (κ1) is 21.5. The molecular weight excluding hydrogens is 382 g/mol. The zero-order chi connectivity index (χ0) is 21.5. The topological polar surface area (TPSA) is 42.2 Å². The van der Waals surface area contributed by atoms with Crippen LogP contribution < -0.4 is 0 Å². The van der Waals surface area contributed by atoms with E-state index < -0.39 is 0 Å². The van der Waals surface area contributed by atoms with Gasteiger partial charge in [-0.25, -0.2) is 0 Å². The molecule has 1 aliphatic rings. The van der Waals surface area contributed by atoms with E-state index in [1.807, 2.05) is 36.4 Å². The lowest BCUT2D eigenvalue weighted by molar-refractivity contribution is 0.150. The van der Waals surface area contributed by atoms with Crippen molar-refractivity contribution in [1.82, 2.24) is 15.0 Å². The van der Waals surface area contributed by atoms with Gasteiger partial charge in [0.25, 0.3) is 5.89 Å². The number of hydrogen-bond acceptors (Lipinski definition) is 4. The lowest BCUT2D eigenvalue weighted by Crippen LogP contribution is -2.37. The fraction of sp³-hybridized carbons (Fsp3) is 0.407. The van der Waals surface area contributed by atoms with Crippen LogP contribution in [0.2, 0.25) is 0 Å². The van der Waals surface area contributed by atoms with Gasteiger partial charge in [0, 0.05) is 11.6 Å². The van der Waals surface area contributed by atoms with Crippen LogP contribution in [0, 0.1) is 11.8 Å². The van der Waals surface area contributed by atoms with Gasteiger partial charge in [0.15, 0.2) is 0 Å². The van der Waals surface area contributed by atoms with Gasteiger partial charge >= 0.3 is 0 Å². The van der Waals surface area contributed by atoms with Crippen molar-refractivity contribution in [2.24, 2.45) is 11.8 Å². The Morgan fingerprint density at radius 3 is 2.32 bits per heavy atom. The van der Waals surface area contributed by atoms with Crippen LogP contribution >= 0.6 is 0 Å². The van der Waals surface area contributed by atoms with Gasteiger partial charge in [-0.2, -0.15) is 4.98 Å². The molecule has 4 nitrogen and oxygen atoms in total. The SMILES string of the molecule is CN(C)C(CCc1ccccc1)C1CCC(/C=C/c2nc(-c3ccccc3)no2)CC1. The van der Waals surface area contributed by atoms with Crippen LogP contribution in [0.5, 0.6) is 0 Å². The van der Waals surface area contributed by atoms with E-state index in [9.17, 15) is 0 Å².